The molecule has 0 aliphatic rings. The van der Waals surface area contributed by atoms with Gasteiger partial charge in [-0.3, -0.25) is 4.79 Å². The maximum Gasteiger partial charge on any atom is 0.387 e. The third kappa shape index (κ3) is 2.79. The Balaban J connectivity index is 3.27. The number of nitrogens with two attached hydrogens (primary N) is 1. The normalized spacial score (nSPS) is 10.5. The van der Waals surface area contributed by atoms with Crippen LogP contribution in [0.1, 0.15) is 17.3 Å². The van der Waals surface area contributed by atoms with E-state index in [-0.39, 0.29) is 22.0 Å². The third-order valence-electron chi connectivity index (χ3n) is 1.67. The van der Waals surface area contributed by atoms with Gasteiger partial charge in [0, 0.05) is 5.02 Å². The molecule has 0 saturated heterocycles. The van der Waals surface area contributed by atoms with Crippen LogP contribution in [0.5, 0.6) is 5.75 Å². The minimum atomic E-state index is -3.04. The summed E-state index contributed by atoms with van der Waals surface area (Å²) in [5.74, 6) is -0.776. The number of Topliss-reactive ketones (excluding diaryl/α,β-unsaturated/α-hetero) is 1. The summed E-state index contributed by atoms with van der Waals surface area (Å²) in [6.45, 7) is -1.82. The smallest absolute Gasteiger partial charge is 0.387 e. The van der Waals surface area contributed by atoms with Crippen molar-refractivity contribution in [2.24, 2.45) is 0 Å². The van der Waals surface area contributed by atoms with Crippen molar-refractivity contribution in [2.75, 3.05) is 5.73 Å². The fourth-order valence-corrected chi connectivity index (χ4v) is 1.32. The second-order valence-corrected chi connectivity index (χ2v) is 3.24. The Morgan fingerprint density at radius 3 is 2.60 bits per heavy atom. The molecule has 0 aliphatic heterocycles. The highest BCUT2D eigenvalue weighted by molar-refractivity contribution is 6.31. The monoisotopic (exact) mass is 235 g/mol. The minimum Gasteiger partial charge on any atom is -0.432 e. The van der Waals surface area contributed by atoms with Gasteiger partial charge in [0.2, 0.25) is 0 Å². The molecule has 1 aromatic rings. The summed E-state index contributed by atoms with van der Waals surface area (Å²) in [6, 6.07) is 2.48. The number of carbonyl (C=O) groups excluding carboxylic acids is 1. The van der Waals surface area contributed by atoms with Gasteiger partial charge in [-0.25, -0.2) is 0 Å². The first-order valence-electron chi connectivity index (χ1n) is 3.96. The minimum absolute atomic E-state index is 0.0553. The first-order chi connectivity index (χ1) is 6.91. The number of rotatable bonds is 3. The molecule has 0 bridgehead atoms. The van der Waals surface area contributed by atoms with Gasteiger partial charge in [-0.15, -0.1) is 0 Å². The van der Waals surface area contributed by atoms with Crippen molar-refractivity contribution in [1.29, 1.82) is 0 Å². The highest BCUT2D eigenvalue weighted by atomic mass is 35.5. The van der Waals surface area contributed by atoms with Gasteiger partial charge in [-0.1, -0.05) is 11.6 Å². The van der Waals surface area contributed by atoms with Crippen LogP contribution < -0.4 is 10.5 Å². The molecule has 3 nitrogen and oxygen atoms in total. The van der Waals surface area contributed by atoms with E-state index in [2.05, 4.69) is 4.74 Å². The fraction of sp³-hybridized carbons (Fsp3) is 0.222. The van der Waals surface area contributed by atoms with Crippen molar-refractivity contribution in [1.82, 2.24) is 0 Å². The molecule has 82 valence electrons. The molecule has 0 fully saturated rings. The Kier molecular flexibility index (Phi) is 3.47. The van der Waals surface area contributed by atoms with Gasteiger partial charge in [-0.05, 0) is 19.1 Å². The van der Waals surface area contributed by atoms with Crippen LogP contribution in [-0.4, -0.2) is 12.4 Å². The summed E-state index contributed by atoms with van der Waals surface area (Å²) in [7, 11) is 0. The summed E-state index contributed by atoms with van der Waals surface area (Å²) >= 11 is 5.63. The van der Waals surface area contributed by atoms with E-state index in [0.717, 1.165) is 0 Å². The van der Waals surface area contributed by atoms with Gasteiger partial charge in [0.05, 0.1) is 11.3 Å². The maximum absolute atomic E-state index is 12.0. The second kappa shape index (κ2) is 4.44. The number of hydrogen-bond acceptors (Lipinski definition) is 3. The number of hydrogen-bond donors (Lipinski definition) is 1. The zero-order chi connectivity index (χ0) is 11.6. The maximum atomic E-state index is 12.0. The van der Waals surface area contributed by atoms with E-state index in [4.69, 9.17) is 17.3 Å². The lowest BCUT2D eigenvalue weighted by molar-refractivity contribution is -0.0496. The summed E-state index contributed by atoms with van der Waals surface area (Å²) in [5, 5.41) is 0.194. The topological polar surface area (TPSA) is 52.3 Å². The molecule has 0 spiro atoms. The average molecular weight is 236 g/mol. The summed E-state index contributed by atoms with van der Waals surface area (Å²) in [4.78, 5) is 11.1. The van der Waals surface area contributed by atoms with Crippen molar-refractivity contribution in [3.05, 3.63) is 22.7 Å². The van der Waals surface area contributed by atoms with Crippen LogP contribution in [0.4, 0.5) is 14.5 Å². The Morgan fingerprint density at radius 1 is 1.53 bits per heavy atom. The molecular weight excluding hydrogens is 228 g/mol. The quantitative estimate of drug-likeness (QED) is 0.647. The number of alkyl halides is 2. The number of anilines is 1. The van der Waals surface area contributed by atoms with Crippen molar-refractivity contribution in [3.8, 4) is 5.75 Å². The summed E-state index contributed by atoms with van der Waals surface area (Å²) in [6.07, 6.45) is 0. The molecule has 0 saturated carbocycles. The lowest BCUT2D eigenvalue weighted by Crippen LogP contribution is -2.09. The van der Waals surface area contributed by atoms with Crippen LogP contribution in [0.15, 0.2) is 12.1 Å². The number of nitrogen functional groups attached to an aromatic ring is 1. The molecule has 0 aliphatic carbocycles. The van der Waals surface area contributed by atoms with E-state index in [0.29, 0.717) is 0 Å². The molecule has 1 aromatic carbocycles. The fourth-order valence-electron chi connectivity index (χ4n) is 1.10. The predicted molar refractivity (Wildman–Crippen MR) is 52.5 cm³/mol. The molecule has 0 aromatic heterocycles. The summed E-state index contributed by atoms with van der Waals surface area (Å²) < 4.78 is 28.2. The number of benzene rings is 1. The Morgan fingerprint density at radius 2 is 2.13 bits per heavy atom. The highest BCUT2D eigenvalue weighted by Gasteiger charge is 2.17. The molecule has 6 heteroatoms. The van der Waals surface area contributed by atoms with E-state index in [9.17, 15) is 13.6 Å². The lowest BCUT2D eigenvalue weighted by Gasteiger charge is -2.11. The van der Waals surface area contributed by atoms with Gasteiger partial charge in [-0.2, -0.15) is 8.78 Å². The van der Waals surface area contributed by atoms with E-state index in [1.807, 2.05) is 0 Å². The molecule has 1 rings (SSSR count). The predicted octanol–water partition coefficient (Wildman–Crippen LogP) is 2.73. The van der Waals surface area contributed by atoms with Crippen molar-refractivity contribution < 1.29 is 18.3 Å². The number of ether oxygens (including phenoxy) is 1. The first-order valence-corrected chi connectivity index (χ1v) is 4.34. The Labute approximate surface area is 89.8 Å². The van der Waals surface area contributed by atoms with Crippen LogP contribution in [0, 0.1) is 0 Å². The Hall–Kier alpha value is -1.36. The van der Waals surface area contributed by atoms with Gasteiger partial charge >= 0.3 is 6.61 Å². The lowest BCUT2D eigenvalue weighted by atomic mass is 10.1. The van der Waals surface area contributed by atoms with E-state index < -0.39 is 12.4 Å². The van der Waals surface area contributed by atoms with Crippen molar-refractivity contribution in [2.45, 2.75) is 13.5 Å². The largest absolute Gasteiger partial charge is 0.432 e. The molecule has 2 N–H and O–H groups in total. The Bertz CT molecular complexity index is 396. The van der Waals surface area contributed by atoms with Crippen LogP contribution in [0.2, 0.25) is 5.02 Å². The van der Waals surface area contributed by atoms with Crippen molar-refractivity contribution in [3.63, 3.8) is 0 Å². The molecule has 0 unspecified atom stereocenters. The van der Waals surface area contributed by atoms with Crippen LogP contribution in [0.25, 0.3) is 0 Å². The second-order valence-electron chi connectivity index (χ2n) is 2.81. The van der Waals surface area contributed by atoms with Crippen LogP contribution >= 0.6 is 11.6 Å². The van der Waals surface area contributed by atoms with Crippen LogP contribution in [0.3, 0.4) is 0 Å². The van der Waals surface area contributed by atoms with Crippen molar-refractivity contribution >= 4 is 23.1 Å². The highest BCUT2D eigenvalue weighted by Crippen LogP contribution is 2.31. The number of carbonyl (C=O) groups is 1. The third-order valence-corrected chi connectivity index (χ3v) is 1.89. The molecule has 0 heterocycles. The molecular formula is C9H8ClF2NO2. The van der Waals surface area contributed by atoms with Gasteiger partial charge in [0.15, 0.2) is 11.5 Å². The zero-order valence-corrected chi connectivity index (χ0v) is 8.52. The SMILES string of the molecule is CC(=O)c1cc(Cl)cc(N)c1OC(F)F. The van der Waals surface area contributed by atoms with Gasteiger partial charge < -0.3 is 10.5 Å². The van der Waals surface area contributed by atoms with E-state index in [1.165, 1.54) is 19.1 Å². The summed E-state index contributed by atoms with van der Waals surface area (Å²) in [5.41, 5.74) is 5.27. The molecule has 0 amide bonds. The number of ketones is 1. The number of halogens is 3. The molecule has 0 atom stereocenters. The van der Waals surface area contributed by atoms with Gasteiger partial charge in [0.25, 0.3) is 0 Å². The van der Waals surface area contributed by atoms with E-state index in [1.54, 1.807) is 0 Å². The standard InChI is InChI=1S/C9H8ClF2NO2/c1-4(14)6-2-5(10)3-7(13)8(6)15-9(11)12/h2-3,9H,13H2,1H3. The first kappa shape index (κ1) is 11.7. The molecule has 15 heavy (non-hydrogen) atoms. The van der Waals surface area contributed by atoms with Gasteiger partial charge in [0.1, 0.15) is 0 Å². The van der Waals surface area contributed by atoms with E-state index >= 15 is 0 Å². The van der Waals surface area contributed by atoms with Crippen LogP contribution in [-0.2, 0) is 0 Å². The molecule has 0 radical (unpaired) electrons. The zero-order valence-electron chi connectivity index (χ0n) is 7.76. The average Bonchev–Trinajstić information content (AvgIpc) is 2.08.